The van der Waals surface area contributed by atoms with Gasteiger partial charge in [0, 0.05) is 6.54 Å². The van der Waals surface area contributed by atoms with Gasteiger partial charge in [-0.25, -0.2) is 4.39 Å². The van der Waals surface area contributed by atoms with Gasteiger partial charge in [-0.2, -0.15) is 0 Å². The van der Waals surface area contributed by atoms with Gasteiger partial charge >= 0.3 is 0 Å². The molecule has 1 aromatic rings. The van der Waals surface area contributed by atoms with Crippen LogP contribution < -0.4 is 16.0 Å². The maximum absolute atomic E-state index is 13.3. The smallest absolute Gasteiger partial charge is 0.254 e. The van der Waals surface area contributed by atoms with Crippen LogP contribution in [0.25, 0.3) is 0 Å². The zero-order chi connectivity index (χ0) is 15.7. The van der Waals surface area contributed by atoms with Crippen LogP contribution in [0.4, 0.5) is 4.39 Å². The van der Waals surface area contributed by atoms with Gasteiger partial charge in [-0.15, -0.1) is 0 Å². The van der Waals surface area contributed by atoms with Crippen molar-refractivity contribution in [2.24, 2.45) is 0 Å². The lowest BCUT2D eigenvalue weighted by Gasteiger charge is -2.07. The summed E-state index contributed by atoms with van der Waals surface area (Å²) in [5.74, 6) is -2.16. The van der Waals surface area contributed by atoms with Crippen molar-refractivity contribution in [3.8, 4) is 0 Å². The molecule has 0 atom stereocenters. The third-order valence-electron chi connectivity index (χ3n) is 2.55. The van der Waals surface area contributed by atoms with Crippen LogP contribution in [0.5, 0.6) is 0 Å². The molecule has 0 bridgehead atoms. The van der Waals surface area contributed by atoms with Gasteiger partial charge in [0.25, 0.3) is 5.91 Å². The lowest BCUT2D eigenvalue weighted by atomic mass is 10.2. The van der Waals surface area contributed by atoms with E-state index < -0.39 is 17.6 Å². The van der Waals surface area contributed by atoms with Crippen LogP contribution in [0.1, 0.15) is 23.7 Å². The molecular weight excluding hydrogens is 277 g/mol. The Bertz CT molecular complexity index is 520. The Morgan fingerprint density at radius 1 is 1.00 bits per heavy atom. The van der Waals surface area contributed by atoms with Crippen molar-refractivity contribution in [1.29, 1.82) is 0 Å². The first-order valence-corrected chi connectivity index (χ1v) is 6.60. The molecule has 0 aromatic heterocycles. The van der Waals surface area contributed by atoms with Gasteiger partial charge in [0.15, 0.2) is 0 Å². The molecule has 6 nitrogen and oxygen atoms in total. The maximum Gasteiger partial charge on any atom is 0.254 e. The lowest BCUT2D eigenvalue weighted by Crippen LogP contribution is -2.42. The van der Waals surface area contributed by atoms with Crippen LogP contribution in [0.15, 0.2) is 24.3 Å². The Kier molecular flexibility index (Phi) is 6.86. The van der Waals surface area contributed by atoms with Gasteiger partial charge in [0.2, 0.25) is 11.8 Å². The Balaban J connectivity index is 2.32. The first kappa shape index (κ1) is 16.6. The number of carbonyl (C=O) groups is 3. The third-order valence-corrected chi connectivity index (χ3v) is 2.55. The minimum absolute atomic E-state index is 0.133. The summed E-state index contributed by atoms with van der Waals surface area (Å²) in [5, 5.41) is 7.23. The Morgan fingerprint density at radius 3 is 2.29 bits per heavy atom. The van der Waals surface area contributed by atoms with E-state index in [1.165, 1.54) is 18.2 Å². The number of benzene rings is 1. The number of rotatable bonds is 7. The van der Waals surface area contributed by atoms with Gasteiger partial charge < -0.3 is 16.0 Å². The summed E-state index contributed by atoms with van der Waals surface area (Å²) in [7, 11) is 0. The molecule has 0 unspecified atom stereocenters. The van der Waals surface area contributed by atoms with Crippen LogP contribution in [0, 0.1) is 5.82 Å². The molecule has 21 heavy (non-hydrogen) atoms. The second-order valence-corrected chi connectivity index (χ2v) is 4.29. The number of carbonyl (C=O) groups excluding carboxylic acids is 3. The topological polar surface area (TPSA) is 87.3 Å². The molecule has 3 N–H and O–H groups in total. The molecule has 114 valence electrons. The molecule has 0 heterocycles. The fraction of sp³-hybridized carbons (Fsp3) is 0.357. The van der Waals surface area contributed by atoms with E-state index in [0.717, 1.165) is 12.5 Å². The van der Waals surface area contributed by atoms with E-state index in [-0.39, 0.29) is 24.6 Å². The Morgan fingerprint density at radius 2 is 1.62 bits per heavy atom. The van der Waals surface area contributed by atoms with Gasteiger partial charge in [-0.3, -0.25) is 14.4 Å². The van der Waals surface area contributed by atoms with Crippen molar-refractivity contribution in [2.45, 2.75) is 13.3 Å². The highest BCUT2D eigenvalue weighted by Gasteiger charge is 2.12. The summed E-state index contributed by atoms with van der Waals surface area (Å²) >= 11 is 0. The second-order valence-electron chi connectivity index (χ2n) is 4.29. The summed E-state index contributed by atoms with van der Waals surface area (Å²) in [6.07, 6.45) is 0.804. The Hall–Kier alpha value is -2.44. The highest BCUT2D eigenvalue weighted by molar-refractivity contribution is 5.97. The molecule has 3 amide bonds. The molecule has 0 spiro atoms. The largest absolute Gasteiger partial charge is 0.355 e. The molecule has 0 saturated heterocycles. The number of halogens is 1. The first-order valence-electron chi connectivity index (χ1n) is 6.60. The van der Waals surface area contributed by atoms with E-state index in [4.69, 9.17) is 0 Å². The fourth-order valence-electron chi connectivity index (χ4n) is 1.47. The van der Waals surface area contributed by atoms with E-state index >= 15 is 0 Å². The fourth-order valence-corrected chi connectivity index (χ4v) is 1.47. The monoisotopic (exact) mass is 295 g/mol. The third kappa shape index (κ3) is 6.03. The number of hydrogen-bond acceptors (Lipinski definition) is 3. The first-order chi connectivity index (χ1) is 10.0. The van der Waals surface area contributed by atoms with E-state index in [1.54, 1.807) is 0 Å². The molecule has 0 saturated carbocycles. The minimum atomic E-state index is -0.682. The normalized spacial score (nSPS) is 9.81. The predicted molar refractivity (Wildman–Crippen MR) is 75.0 cm³/mol. The number of hydrogen-bond donors (Lipinski definition) is 3. The average molecular weight is 295 g/mol. The summed E-state index contributed by atoms with van der Waals surface area (Å²) < 4.78 is 13.3. The predicted octanol–water partition coefficient (Wildman–Crippen LogP) is 0.198. The van der Waals surface area contributed by atoms with Gasteiger partial charge in [0.1, 0.15) is 5.82 Å². The standard InChI is InChI=1S/C14H18FN3O3/c1-2-7-16-12(19)8-17-13(20)9-18-14(21)10-5-3-4-6-11(10)15/h3-6H,2,7-9H2,1H3,(H,16,19)(H,17,20)(H,18,21). The van der Waals surface area contributed by atoms with Crippen molar-refractivity contribution >= 4 is 17.7 Å². The highest BCUT2D eigenvalue weighted by Crippen LogP contribution is 2.05. The Labute approximate surface area is 122 Å². The number of amides is 3. The van der Waals surface area contributed by atoms with E-state index in [2.05, 4.69) is 16.0 Å². The lowest BCUT2D eigenvalue weighted by molar-refractivity contribution is -0.125. The summed E-state index contributed by atoms with van der Waals surface area (Å²) in [5.41, 5.74) is -0.133. The van der Waals surface area contributed by atoms with Crippen LogP contribution in [-0.4, -0.2) is 37.4 Å². The molecule has 0 fully saturated rings. The molecule has 0 radical (unpaired) electrons. The molecule has 0 aliphatic carbocycles. The summed E-state index contributed by atoms with van der Waals surface area (Å²) in [4.78, 5) is 34.3. The summed E-state index contributed by atoms with van der Waals surface area (Å²) in [6.45, 7) is 1.97. The second kappa shape index (κ2) is 8.68. The van der Waals surface area contributed by atoms with Gasteiger partial charge in [-0.05, 0) is 18.6 Å². The van der Waals surface area contributed by atoms with E-state index in [1.807, 2.05) is 6.92 Å². The molecule has 0 aliphatic rings. The SMILES string of the molecule is CCCNC(=O)CNC(=O)CNC(=O)c1ccccc1F. The number of nitrogens with one attached hydrogen (secondary N) is 3. The van der Waals surface area contributed by atoms with Gasteiger partial charge in [0.05, 0.1) is 18.7 Å². The van der Waals surface area contributed by atoms with Crippen molar-refractivity contribution in [2.75, 3.05) is 19.6 Å². The molecule has 0 aliphatic heterocycles. The van der Waals surface area contributed by atoms with Gasteiger partial charge in [-0.1, -0.05) is 19.1 Å². The highest BCUT2D eigenvalue weighted by atomic mass is 19.1. The molecular formula is C14H18FN3O3. The maximum atomic E-state index is 13.3. The van der Waals surface area contributed by atoms with Crippen LogP contribution in [-0.2, 0) is 9.59 Å². The van der Waals surface area contributed by atoms with Crippen molar-refractivity contribution < 1.29 is 18.8 Å². The minimum Gasteiger partial charge on any atom is -0.355 e. The van der Waals surface area contributed by atoms with Crippen molar-refractivity contribution in [3.05, 3.63) is 35.6 Å². The summed E-state index contributed by atoms with van der Waals surface area (Å²) in [6, 6.07) is 5.47. The quantitative estimate of drug-likeness (QED) is 0.671. The molecule has 1 aromatic carbocycles. The van der Waals surface area contributed by atoms with Crippen molar-refractivity contribution in [3.63, 3.8) is 0 Å². The average Bonchev–Trinajstić information content (AvgIpc) is 2.48. The van der Waals surface area contributed by atoms with Crippen LogP contribution >= 0.6 is 0 Å². The zero-order valence-corrected chi connectivity index (χ0v) is 11.7. The van der Waals surface area contributed by atoms with E-state index in [0.29, 0.717) is 6.54 Å². The molecule has 1 rings (SSSR count). The molecule has 7 heteroatoms. The zero-order valence-electron chi connectivity index (χ0n) is 11.7. The van der Waals surface area contributed by atoms with Crippen LogP contribution in [0.2, 0.25) is 0 Å². The van der Waals surface area contributed by atoms with Crippen LogP contribution in [0.3, 0.4) is 0 Å². The van der Waals surface area contributed by atoms with E-state index in [9.17, 15) is 18.8 Å². The van der Waals surface area contributed by atoms with Crippen molar-refractivity contribution in [1.82, 2.24) is 16.0 Å².